The fraction of sp³-hybridized carbons (Fsp3) is 0.882. The number of guanidine groups is 1. The number of carbonyl (C=O) groups is 1. The zero-order chi connectivity index (χ0) is 16.1. The Bertz CT molecular complexity index is 448. The molecule has 7 heteroatoms. The molecule has 138 valence electrons. The van der Waals surface area contributed by atoms with E-state index in [0.717, 1.165) is 58.1 Å². The molecule has 2 aliphatic heterocycles. The standard InChI is InChI=1S/C17H30N4O2.HI/c1-2-18-16(19-9-3-4-15(22)20-14-5-6-14)21-10-7-17(12-21)8-11-23-13-17;/h14H,2-13H2,1H3,(H,18,19)(H,20,22);1H. The normalized spacial score (nSPS) is 26.5. The van der Waals surface area contributed by atoms with E-state index in [0.29, 0.717) is 24.4 Å². The lowest BCUT2D eigenvalue weighted by atomic mass is 9.87. The third kappa shape index (κ3) is 5.47. The van der Waals surface area contributed by atoms with Crippen LogP contribution in [0.5, 0.6) is 0 Å². The van der Waals surface area contributed by atoms with Crippen LogP contribution in [0.2, 0.25) is 0 Å². The van der Waals surface area contributed by atoms with Crippen LogP contribution in [0.1, 0.15) is 45.4 Å². The minimum atomic E-state index is 0. The van der Waals surface area contributed by atoms with Gasteiger partial charge in [-0.05, 0) is 39.0 Å². The summed E-state index contributed by atoms with van der Waals surface area (Å²) in [6.45, 7) is 7.57. The quantitative estimate of drug-likeness (QED) is 0.280. The summed E-state index contributed by atoms with van der Waals surface area (Å²) < 4.78 is 5.60. The topological polar surface area (TPSA) is 66.0 Å². The van der Waals surface area contributed by atoms with Gasteiger partial charge < -0.3 is 20.3 Å². The molecule has 0 radical (unpaired) electrons. The first-order valence-corrected chi connectivity index (χ1v) is 9.11. The van der Waals surface area contributed by atoms with Crippen molar-refractivity contribution < 1.29 is 9.53 Å². The Labute approximate surface area is 162 Å². The Balaban J connectivity index is 0.00000208. The molecule has 1 aliphatic carbocycles. The van der Waals surface area contributed by atoms with E-state index in [9.17, 15) is 4.79 Å². The number of hydrogen-bond donors (Lipinski definition) is 2. The molecule has 3 rings (SSSR count). The zero-order valence-corrected chi connectivity index (χ0v) is 17.0. The van der Waals surface area contributed by atoms with Crippen LogP contribution in [0.25, 0.3) is 0 Å². The van der Waals surface area contributed by atoms with Gasteiger partial charge >= 0.3 is 0 Å². The summed E-state index contributed by atoms with van der Waals surface area (Å²) in [4.78, 5) is 18.8. The van der Waals surface area contributed by atoms with E-state index in [1.54, 1.807) is 0 Å². The smallest absolute Gasteiger partial charge is 0.220 e. The van der Waals surface area contributed by atoms with Gasteiger partial charge in [-0.2, -0.15) is 0 Å². The molecular formula is C17H31IN4O2. The summed E-state index contributed by atoms with van der Waals surface area (Å²) in [5.74, 6) is 1.18. The van der Waals surface area contributed by atoms with Gasteiger partial charge in [-0.3, -0.25) is 9.79 Å². The van der Waals surface area contributed by atoms with Crippen LogP contribution in [-0.2, 0) is 9.53 Å². The van der Waals surface area contributed by atoms with E-state index in [-0.39, 0.29) is 29.9 Å². The van der Waals surface area contributed by atoms with E-state index in [2.05, 4.69) is 22.5 Å². The van der Waals surface area contributed by atoms with Gasteiger partial charge in [0.2, 0.25) is 5.91 Å². The van der Waals surface area contributed by atoms with Gasteiger partial charge in [-0.15, -0.1) is 24.0 Å². The molecule has 6 nitrogen and oxygen atoms in total. The van der Waals surface area contributed by atoms with Crippen LogP contribution in [0.15, 0.2) is 4.99 Å². The highest BCUT2D eigenvalue weighted by atomic mass is 127. The van der Waals surface area contributed by atoms with Crippen molar-refractivity contribution in [1.29, 1.82) is 0 Å². The van der Waals surface area contributed by atoms with E-state index in [1.165, 1.54) is 12.8 Å². The Morgan fingerprint density at radius 1 is 1.38 bits per heavy atom. The fourth-order valence-electron chi connectivity index (χ4n) is 3.47. The summed E-state index contributed by atoms with van der Waals surface area (Å²) in [6.07, 6.45) is 6.06. The van der Waals surface area contributed by atoms with Gasteiger partial charge in [0.05, 0.1) is 6.61 Å². The molecule has 0 aromatic carbocycles. The van der Waals surface area contributed by atoms with Crippen molar-refractivity contribution >= 4 is 35.8 Å². The van der Waals surface area contributed by atoms with Crippen molar-refractivity contribution in [3.63, 3.8) is 0 Å². The molecule has 0 aromatic rings. The zero-order valence-electron chi connectivity index (χ0n) is 14.7. The largest absolute Gasteiger partial charge is 0.381 e. The van der Waals surface area contributed by atoms with Crippen molar-refractivity contribution in [1.82, 2.24) is 15.5 Å². The van der Waals surface area contributed by atoms with Crippen LogP contribution in [0.4, 0.5) is 0 Å². The van der Waals surface area contributed by atoms with Gasteiger partial charge in [0, 0.05) is 50.7 Å². The second kappa shape index (κ2) is 9.22. The SMILES string of the molecule is CCNC(=NCCCC(=O)NC1CC1)N1CCC2(CCOC2)C1.I. The number of carbonyl (C=O) groups excluding carboxylic acids is 1. The lowest BCUT2D eigenvalue weighted by Crippen LogP contribution is -2.41. The van der Waals surface area contributed by atoms with Crippen molar-refractivity contribution in [2.24, 2.45) is 10.4 Å². The number of nitrogens with one attached hydrogen (secondary N) is 2. The van der Waals surface area contributed by atoms with E-state index >= 15 is 0 Å². The first-order valence-electron chi connectivity index (χ1n) is 9.11. The molecule has 0 bridgehead atoms. The number of nitrogens with zero attached hydrogens (tertiary/aromatic N) is 2. The van der Waals surface area contributed by atoms with E-state index in [4.69, 9.17) is 9.73 Å². The van der Waals surface area contributed by atoms with Crippen LogP contribution in [0.3, 0.4) is 0 Å². The van der Waals surface area contributed by atoms with Crippen molar-refractivity contribution in [2.45, 2.75) is 51.5 Å². The van der Waals surface area contributed by atoms with Crippen LogP contribution >= 0.6 is 24.0 Å². The number of aliphatic imine (C=N–C) groups is 1. The van der Waals surface area contributed by atoms with Crippen LogP contribution < -0.4 is 10.6 Å². The lowest BCUT2D eigenvalue weighted by Gasteiger charge is -2.25. The van der Waals surface area contributed by atoms with Gasteiger partial charge in [0.25, 0.3) is 0 Å². The Morgan fingerprint density at radius 3 is 2.88 bits per heavy atom. The van der Waals surface area contributed by atoms with Crippen molar-refractivity contribution in [3.05, 3.63) is 0 Å². The molecule has 2 saturated heterocycles. The van der Waals surface area contributed by atoms with Crippen molar-refractivity contribution in [2.75, 3.05) is 39.4 Å². The number of hydrogen-bond acceptors (Lipinski definition) is 3. The van der Waals surface area contributed by atoms with Crippen LogP contribution in [-0.4, -0.2) is 62.2 Å². The molecule has 1 amide bonds. The molecule has 1 spiro atoms. The first kappa shape index (κ1) is 19.8. The molecule has 1 unspecified atom stereocenters. The number of rotatable bonds is 6. The average Bonchev–Trinajstić information content (AvgIpc) is 3.09. The number of halogens is 1. The number of likely N-dealkylation sites (tertiary alicyclic amines) is 1. The molecule has 1 atom stereocenters. The molecule has 0 aromatic heterocycles. The summed E-state index contributed by atoms with van der Waals surface area (Å²) in [6, 6.07) is 0.456. The highest BCUT2D eigenvalue weighted by Crippen LogP contribution is 2.38. The maximum atomic E-state index is 11.7. The maximum Gasteiger partial charge on any atom is 0.220 e. The summed E-state index contributed by atoms with van der Waals surface area (Å²) in [5, 5.41) is 6.42. The minimum Gasteiger partial charge on any atom is -0.381 e. The average molecular weight is 450 g/mol. The predicted octanol–water partition coefficient (Wildman–Crippen LogP) is 1.74. The Hall–Kier alpha value is -0.570. The lowest BCUT2D eigenvalue weighted by molar-refractivity contribution is -0.121. The second-order valence-electron chi connectivity index (χ2n) is 7.16. The highest BCUT2D eigenvalue weighted by Gasteiger charge is 2.42. The number of ether oxygens (including phenoxy) is 1. The van der Waals surface area contributed by atoms with Crippen LogP contribution in [0, 0.1) is 5.41 Å². The summed E-state index contributed by atoms with van der Waals surface area (Å²) >= 11 is 0. The maximum absolute atomic E-state index is 11.7. The second-order valence-corrected chi connectivity index (χ2v) is 7.16. The molecular weight excluding hydrogens is 419 g/mol. The summed E-state index contributed by atoms with van der Waals surface area (Å²) in [7, 11) is 0. The molecule has 3 fully saturated rings. The van der Waals surface area contributed by atoms with E-state index in [1.807, 2.05) is 0 Å². The third-order valence-corrected chi connectivity index (χ3v) is 5.02. The van der Waals surface area contributed by atoms with Gasteiger partial charge in [-0.1, -0.05) is 0 Å². The van der Waals surface area contributed by atoms with Gasteiger partial charge in [0.15, 0.2) is 5.96 Å². The van der Waals surface area contributed by atoms with E-state index < -0.39 is 0 Å². The van der Waals surface area contributed by atoms with Gasteiger partial charge in [-0.25, -0.2) is 0 Å². The predicted molar refractivity (Wildman–Crippen MR) is 106 cm³/mol. The molecule has 1 saturated carbocycles. The minimum absolute atomic E-state index is 0. The highest BCUT2D eigenvalue weighted by molar-refractivity contribution is 14.0. The number of amides is 1. The molecule has 2 heterocycles. The monoisotopic (exact) mass is 450 g/mol. The van der Waals surface area contributed by atoms with Crippen molar-refractivity contribution in [3.8, 4) is 0 Å². The molecule has 2 N–H and O–H groups in total. The fourth-order valence-corrected chi connectivity index (χ4v) is 3.47. The Kier molecular flexibility index (Phi) is 7.59. The summed E-state index contributed by atoms with van der Waals surface area (Å²) in [5.41, 5.74) is 0.348. The third-order valence-electron chi connectivity index (χ3n) is 5.02. The first-order chi connectivity index (χ1) is 11.2. The Morgan fingerprint density at radius 2 is 2.21 bits per heavy atom. The molecule has 24 heavy (non-hydrogen) atoms. The van der Waals surface area contributed by atoms with Gasteiger partial charge in [0.1, 0.15) is 0 Å². The molecule has 3 aliphatic rings.